The molecule has 0 saturated heterocycles. The van der Waals surface area contributed by atoms with Crippen LogP contribution >= 0.6 is 47.8 Å². The monoisotopic (exact) mass is 445 g/mol. The van der Waals surface area contributed by atoms with Gasteiger partial charge in [-0.05, 0) is 54.3 Å². The molecule has 0 aliphatic carbocycles. The van der Waals surface area contributed by atoms with Gasteiger partial charge < -0.3 is 5.73 Å². The number of nitrogens with two attached hydrogens (primary N) is 1. The molecule has 2 aromatic rings. The van der Waals surface area contributed by atoms with E-state index in [4.69, 9.17) is 5.73 Å². The molecule has 4 heteroatoms. The molecule has 2 N–H and O–H groups in total. The van der Waals surface area contributed by atoms with Gasteiger partial charge in [0.15, 0.2) is 0 Å². The average Bonchev–Trinajstić information content (AvgIpc) is 2.33. The highest BCUT2D eigenvalue weighted by atomic mass is 79.9. The van der Waals surface area contributed by atoms with Crippen molar-refractivity contribution in [3.05, 3.63) is 66.0 Å². The van der Waals surface area contributed by atoms with Crippen LogP contribution in [0, 0.1) is 13.8 Å². The lowest BCUT2D eigenvalue weighted by Crippen LogP contribution is -2.13. The first-order valence-corrected chi connectivity index (χ1v) is 8.25. The first-order chi connectivity index (χ1) is 8.90. The third kappa shape index (κ3) is 3.30. The zero-order valence-electron chi connectivity index (χ0n) is 10.7. The van der Waals surface area contributed by atoms with E-state index < -0.39 is 0 Å². The summed E-state index contributed by atoms with van der Waals surface area (Å²) in [6.45, 7) is 4.13. The second-order valence-corrected chi connectivity index (χ2v) is 7.19. The summed E-state index contributed by atoms with van der Waals surface area (Å²) in [5, 5.41) is 0. The van der Waals surface area contributed by atoms with Crippen LogP contribution in [0.5, 0.6) is 0 Å². The summed E-state index contributed by atoms with van der Waals surface area (Å²) in [5.41, 5.74) is 11.0. The third-order valence-corrected chi connectivity index (χ3v) is 5.33. The summed E-state index contributed by atoms with van der Waals surface area (Å²) >= 11 is 10.8. The normalized spacial score (nSPS) is 12.5. The Hall–Kier alpha value is -0.160. The van der Waals surface area contributed by atoms with Gasteiger partial charge in [0.25, 0.3) is 0 Å². The predicted octanol–water partition coefficient (Wildman–Crippen LogP) is 5.64. The molecule has 0 aromatic heterocycles. The van der Waals surface area contributed by atoms with Gasteiger partial charge in [-0.25, -0.2) is 0 Å². The van der Waals surface area contributed by atoms with Crippen LogP contribution in [0.1, 0.15) is 28.3 Å². The molecule has 2 aromatic carbocycles. The van der Waals surface area contributed by atoms with Crippen molar-refractivity contribution in [2.75, 3.05) is 0 Å². The Bertz CT molecular complexity index is 623. The molecule has 0 heterocycles. The highest BCUT2D eigenvalue weighted by molar-refractivity contribution is 9.11. The topological polar surface area (TPSA) is 26.0 Å². The van der Waals surface area contributed by atoms with Crippen molar-refractivity contribution >= 4 is 47.8 Å². The van der Waals surface area contributed by atoms with E-state index in [9.17, 15) is 0 Å². The van der Waals surface area contributed by atoms with Gasteiger partial charge in [0.05, 0.1) is 6.04 Å². The van der Waals surface area contributed by atoms with Crippen LogP contribution < -0.4 is 5.73 Å². The Labute approximate surface area is 139 Å². The van der Waals surface area contributed by atoms with Crippen LogP contribution in [0.4, 0.5) is 0 Å². The van der Waals surface area contributed by atoms with Gasteiger partial charge in [-0.3, -0.25) is 0 Å². The molecule has 0 spiro atoms. The van der Waals surface area contributed by atoms with Gasteiger partial charge in [-0.1, -0.05) is 59.9 Å². The van der Waals surface area contributed by atoms with Gasteiger partial charge in [0.2, 0.25) is 0 Å². The van der Waals surface area contributed by atoms with Crippen LogP contribution in [0.15, 0.2) is 43.7 Å². The fraction of sp³-hybridized carbons (Fsp3) is 0.200. The van der Waals surface area contributed by atoms with Crippen molar-refractivity contribution < 1.29 is 0 Å². The average molecular weight is 448 g/mol. The van der Waals surface area contributed by atoms with Gasteiger partial charge in [-0.15, -0.1) is 0 Å². The zero-order chi connectivity index (χ0) is 14.2. The second kappa shape index (κ2) is 6.08. The van der Waals surface area contributed by atoms with Crippen LogP contribution in [0.2, 0.25) is 0 Å². The van der Waals surface area contributed by atoms with Crippen molar-refractivity contribution in [1.29, 1.82) is 0 Å². The molecule has 100 valence electrons. The highest BCUT2D eigenvalue weighted by Crippen LogP contribution is 2.34. The maximum absolute atomic E-state index is 6.41. The number of benzene rings is 2. The van der Waals surface area contributed by atoms with Gasteiger partial charge in [0.1, 0.15) is 0 Å². The minimum Gasteiger partial charge on any atom is -0.320 e. The smallest absolute Gasteiger partial charge is 0.0574 e. The fourth-order valence-corrected chi connectivity index (χ4v) is 3.76. The molecule has 19 heavy (non-hydrogen) atoms. The molecule has 0 radical (unpaired) electrons. The SMILES string of the molecule is Cc1ccc(C(N)c2cc(Br)c(C)cc2Br)c(Br)c1. The first-order valence-electron chi connectivity index (χ1n) is 5.87. The molecule has 0 aliphatic heterocycles. The van der Waals surface area contributed by atoms with Crippen molar-refractivity contribution in [3.63, 3.8) is 0 Å². The lowest BCUT2D eigenvalue weighted by molar-refractivity contribution is 0.857. The maximum atomic E-state index is 6.41. The number of hydrogen-bond acceptors (Lipinski definition) is 1. The van der Waals surface area contributed by atoms with Gasteiger partial charge in [-0.2, -0.15) is 0 Å². The summed E-state index contributed by atoms with van der Waals surface area (Å²) in [5.74, 6) is 0. The Balaban J connectivity index is 2.49. The Morgan fingerprint density at radius 2 is 1.47 bits per heavy atom. The van der Waals surface area contributed by atoms with Crippen LogP contribution in [-0.2, 0) is 0 Å². The summed E-state index contributed by atoms with van der Waals surface area (Å²) in [6.07, 6.45) is 0. The summed E-state index contributed by atoms with van der Waals surface area (Å²) in [6, 6.07) is 10.2. The van der Waals surface area contributed by atoms with Crippen LogP contribution in [0.3, 0.4) is 0 Å². The van der Waals surface area contributed by atoms with Crippen molar-refractivity contribution in [3.8, 4) is 0 Å². The molecular formula is C15H14Br3N. The quantitative estimate of drug-likeness (QED) is 0.633. The molecule has 0 saturated carbocycles. The summed E-state index contributed by atoms with van der Waals surface area (Å²) in [4.78, 5) is 0. The molecule has 0 amide bonds. The summed E-state index contributed by atoms with van der Waals surface area (Å²) in [7, 11) is 0. The van der Waals surface area contributed by atoms with E-state index in [2.05, 4.69) is 92.0 Å². The molecular weight excluding hydrogens is 434 g/mol. The third-order valence-electron chi connectivity index (χ3n) is 3.10. The van der Waals surface area contributed by atoms with E-state index in [-0.39, 0.29) is 6.04 Å². The predicted molar refractivity (Wildman–Crippen MR) is 91.5 cm³/mol. The van der Waals surface area contributed by atoms with Crippen LogP contribution in [0.25, 0.3) is 0 Å². The van der Waals surface area contributed by atoms with E-state index >= 15 is 0 Å². The van der Waals surface area contributed by atoms with E-state index in [1.54, 1.807) is 0 Å². The minimum absolute atomic E-state index is 0.166. The standard InChI is InChI=1S/C15H14Br3N/c1-8-3-4-10(13(17)5-8)15(19)11-7-12(16)9(2)6-14(11)18/h3-7,15H,19H2,1-2H3. The molecule has 1 nitrogen and oxygen atoms in total. The first kappa shape index (κ1) is 15.2. The number of aryl methyl sites for hydroxylation is 2. The molecule has 1 unspecified atom stereocenters. The lowest BCUT2D eigenvalue weighted by atomic mass is 9.98. The van der Waals surface area contributed by atoms with E-state index in [1.807, 2.05) is 0 Å². The minimum atomic E-state index is -0.166. The fourth-order valence-electron chi connectivity index (χ4n) is 1.95. The van der Waals surface area contributed by atoms with Crippen molar-refractivity contribution in [1.82, 2.24) is 0 Å². The largest absolute Gasteiger partial charge is 0.320 e. The van der Waals surface area contributed by atoms with Crippen molar-refractivity contribution in [2.24, 2.45) is 5.73 Å². The molecule has 2 rings (SSSR count). The lowest BCUT2D eigenvalue weighted by Gasteiger charge is -2.17. The number of rotatable bonds is 2. The highest BCUT2D eigenvalue weighted by Gasteiger charge is 2.16. The maximum Gasteiger partial charge on any atom is 0.0574 e. The second-order valence-electron chi connectivity index (χ2n) is 4.63. The van der Waals surface area contributed by atoms with Crippen LogP contribution in [-0.4, -0.2) is 0 Å². The summed E-state index contributed by atoms with van der Waals surface area (Å²) < 4.78 is 3.15. The van der Waals surface area contributed by atoms with Gasteiger partial charge in [0, 0.05) is 13.4 Å². The zero-order valence-corrected chi connectivity index (χ0v) is 15.4. The molecule has 0 bridgehead atoms. The number of hydrogen-bond donors (Lipinski definition) is 1. The molecule has 1 atom stereocenters. The van der Waals surface area contributed by atoms with Crippen molar-refractivity contribution in [2.45, 2.75) is 19.9 Å². The van der Waals surface area contributed by atoms with E-state index in [1.165, 1.54) is 11.1 Å². The molecule has 0 fully saturated rings. The Morgan fingerprint density at radius 3 is 2.11 bits per heavy atom. The van der Waals surface area contributed by atoms with E-state index in [0.29, 0.717) is 0 Å². The Kier molecular flexibility index (Phi) is 4.88. The molecule has 0 aliphatic rings. The number of halogens is 3. The van der Waals surface area contributed by atoms with E-state index in [0.717, 1.165) is 24.5 Å². The van der Waals surface area contributed by atoms with Gasteiger partial charge >= 0.3 is 0 Å². The Morgan fingerprint density at radius 1 is 0.842 bits per heavy atom.